The summed E-state index contributed by atoms with van der Waals surface area (Å²) in [6, 6.07) is 13.3. The van der Waals surface area contributed by atoms with Gasteiger partial charge in [-0.15, -0.1) is 0 Å². The number of carbonyl (C=O) groups is 3. The predicted molar refractivity (Wildman–Crippen MR) is 146 cm³/mol. The van der Waals surface area contributed by atoms with Crippen LogP contribution in [0.25, 0.3) is 11.0 Å². The molecule has 0 bridgehead atoms. The van der Waals surface area contributed by atoms with Crippen molar-refractivity contribution >= 4 is 28.8 Å². The number of hydrogen-bond acceptors (Lipinski definition) is 4. The van der Waals surface area contributed by atoms with E-state index in [0.717, 1.165) is 37.8 Å². The minimum Gasteiger partial charge on any atom is -0.345 e. The standard InChI is InChI=1S/C30H36FN5O3/c1-18-9-6-7-16-36(18)26(37)15-14-25(34-29(38)22-17-21(22)20-10-4-3-5-11-20)30(39)32-19(2)28-33-24-13-8-12-23(31)27(24)35-28/h3-5,8,10-13,18-19,21-22,25H,6-7,9,14-17H2,1-2H3,(H,32,39)(H,33,35)(H,34,38)/t18-,19-,21-,22+,25-/m0/s1. The fourth-order valence-corrected chi connectivity index (χ4v) is 5.58. The Morgan fingerprint density at radius 1 is 1.10 bits per heavy atom. The van der Waals surface area contributed by atoms with Crippen LogP contribution in [-0.4, -0.2) is 51.2 Å². The molecule has 2 heterocycles. The number of hydrogen-bond donors (Lipinski definition) is 3. The predicted octanol–water partition coefficient (Wildman–Crippen LogP) is 4.35. The summed E-state index contributed by atoms with van der Waals surface area (Å²) in [7, 11) is 0. The topological polar surface area (TPSA) is 107 Å². The molecule has 9 heteroatoms. The first kappa shape index (κ1) is 26.8. The van der Waals surface area contributed by atoms with E-state index < -0.39 is 23.8 Å². The molecule has 1 saturated heterocycles. The lowest BCUT2D eigenvalue weighted by Gasteiger charge is -2.34. The van der Waals surface area contributed by atoms with Gasteiger partial charge in [0, 0.05) is 24.9 Å². The summed E-state index contributed by atoms with van der Waals surface area (Å²) in [6.07, 6.45) is 4.16. The van der Waals surface area contributed by atoms with E-state index in [2.05, 4.69) is 27.5 Å². The van der Waals surface area contributed by atoms with Gasteiger partial charge in [-0.25, -0.2) is 9.37 Å². The van der Waals surface area contributed by atoms with Gasteiger partial charge in [-0.05, 0) is 69.6 Å². The molecular formula is C30H36FN5O3. The summed E-state index contributed by atoms with van der Waals surface area (Å²) in [5.74, 6) is -0.663. The first-order chi connectivity index (χ1) is 18.8. The molecule has 1 aliphatic heterocycles. The number of benzene rings is 2. The number of imidazole rings is 1. The number of aromatic amines is 1. The number of para-hydroxylation sites is 1. The lowest BCUT2D eigenvalue weighted by Crippen LogP contribution is -2.49. The number of halogens is 1. The summed E-state index contributed by atoms with van der Waals surface area (Å²) in [5.41, 5.74) is 1.86. The summed E-state index contributed by atoms with van der Waals surface area (Å²) >= 11 is 0. The molecule has 1 saturated carbocycles. The molecule has 2 aliphatic rings. The van der Waals surface area contributed by atoms with Crippen LogP contribution in [0.4, 0.5) is 4.39 Å². The zero-order valence-electron chi connectivity index (χ0n) is 22.5. The second-order valence-electron chi connectivity index (χ2n) is 10.9. The average Bonchev–Trinajstić information content (AvgIpc) is 3.62. The number of H-pyrrole nitrogens is 1. The molecule has 5 rings (SSSR count). The zero-order valence-corrected chi connectivity index (χ0v) is 22.5. The number of aromatic nitrogens is 2. The molecule has 1 aromatic heterocycles. The van der Waals surface area contributed by atoms with Gasteiger partial charge < -0.3 is 20.5 Å². The fraction of sp³-hybridized carbons (Fsp3) is 0.467. The quantitative estimate of drug-likeness (QED) is 0.380. The molecular weight excluding hydrogens is 497 g/mol. The summed E-state index contributed by atoms with van der Waals surface area (Å²) in [4.78, 5) is 48.9. The number of fused-ring (bicyclic) bond motifs is 1. The number of nitrogens with zero attached hydrogens (tertiary/aromatic N) is 2. The molecule has 3 aromatic rings. The second kappa shape index (κ2) is 11.6. The largest absolute Gasteiger partial charge is 0.345 e. The third-order valence-electron chi connectivity index (χ3n) is 8.01. The Kier molecular flexibility index (Phi) is 7.95. The van der Waals surface area contributed by atoms with Crippen LogP contribution in [0.2, 0.25) is 0 Å². The Balaban J connectivity index is 1.26. The molecule has 0 unspecified atom stereocenters. The van der Waals surface area contributed by atoms with Crippen LogP contribution in [0.15, 0.2) is 48.5 Å². The smallest absolute Gasteiger partial charge is 0.243 e. The van der Waals surface area contributed by atoms with Crippen LogP contribution in [0, 0.1) is 11.7 Å². The third-order valence-corrected chi connectivity index (χ3v) is 8.01. The highest BCUT2D eigenvalue weighted by atomic mass is 19.1. The van der Waals surface area contributed by atoms with E-state index in [1.54, 1.807) is 19.1 Å². The van der Waals surface area contributed by atoms with E-state index >= 15 is 0 Å². The van der Waals surface area contributed by atoms with Crippen molar-refractivity contribution in [2.45, 2.75) is 76.4 Å². The molecule has 8 nitrogen and oxygen atoms in total. The fourth-order valence-electron chi connectivity index (χ4n) is 5.58. The van der Waals surface area contributed by atoms with Gasteiger partial charge in [0.05, 0.1) is 11.6 Å². The van der Waals surface area contributed by atoms with Crippen LogP contribution in [0.1, 0.15) is 75.7 Å². The highest BCUT2D eigenvalue weighted by molar-refractivity contribution is 5.91. The van der Waals surface area contributed by atoms with Gasteiger partial charge in [0.25, 0.3) is 0 Å². The van der Waals surface area contributed by atoms with Crippen molar-refractivity contribution in [2.24, 2.45) is 5.92 Å². The average molecular weight is 534 g/mol. The molecule has 2 aromatic carbocycles. The number of rotatable bonds is 9. The molecule has 0 radical (unpaired) electrons. The molecule has 3 amide bonds. The van der Waals surface area contributed by atoms with Crippen molar-refractivity contribution in [1.29, 1.82) is 0 Å². The van der Waals surface area contributed by atoms with Crippen LogP contribution in [-0.2, 0) is 14.4 Å². The van der Waals surface area contributed by atoms with E-state index in [-0.39, 0.29) is 48.1 Å². The Hall–Kier alpha value is -3.75. The molecule has 39 heavy (non-hydrogen) atoms. The maximum atomic E-state index is 14.1. The Bertz CT molecular complexity index is 1340. The Morgan fingerprint density at radius 3 is 2.64 bits per heavy atom. The zero-order chi connectivity index (χ0) is 27.5. The number of amides is 3. The van der Waals surface area contributed by atoms with Crippen molar-refractivity contribution in [1.82, 2.24) is 25.5 Å². The Morgan fingerprint density at radius 2 is 1.90 bits per heavy atom. The first-order valence-electron chi connectivity index (χ1n) is 13.9. The maximum Gasteiger partial charge on any atom is 0.243 e. The minimum atomic E-state index is -0.873. The maximum absolute atomic E-state index is 14.1. The third kappa shape index (κ3) is 6.13. The van der Waals surface area contributed by atoms with Gasteiger partial charge in [-0.3, -0.25) is 14.4 Å². The van der Waals surface area contributed by atoms with E-state index in [0.29, 0.717) is 11.3 Å². The normalized spacial score (nSPS) is 22.2. The highest BCUT2D eigenvalue weighted by Gasteiger charge is 2.44. The van der Waals surface area contributed by atoms with Gasteiger partial charge in [-0.2, -0.15) is 0 Å². The summed E-state index contributed by atoms with van der Waals surface area (Å²) < 4.78 is 14.1. The van der Waals surface area contributed by atoms with Gasteiger partial charge in [-0.1, -0.05) is 36.4 Å². The molecule has 0 spiro atoms. The second-order valence-corrected chi connectivity index (χ2v) is 10.9. The first-order valence-corrected chi connectivity index (χ1v) is 13.9. The van der Waals surface area contributed by atoms with Gasteiger partial charge in [0.2, 0.25) is 17.7 Å². The molecule has 1 aliphatic carbocycles. The van der Waals surface area contributed by atoms with Crippen LogP contribution >= 0.6 is 0 Å². The number of piperidine rings is 1. The molecule has 5 atom stereocenters. The number of nitrogens with one attached hydrogen (secondary N) is 3. The lowest BCUT2D eigenvalue weighted by atomic mass is 10.0. The van der Waals surface area contributed by atoms with E-state index in [1.165, 1.54) is 6.07 Å². The summed E-state index contributed by atoms with van der Waals surface area (Å²) in [6.45, 7) is 4.53. The van der Waals surface area contributed by atoms with Crippen LogP contribution < -0.4 is 10.6 Å². The van der Waals surface area contributed by atoms with Crippen molar-refractivity contribution in [3.8, 4) is 0 Å². The van der Waals surface area contributed by atoms with Crippen LogP contribution in [0.3, 0.4) is 0 Å². The minimum absolute atomic E-state index is 0.00337. The molecule has 2 fully saturated rings. The van der Waals surface area contributed by atoms with E-state index in [9.17, 15) is 18.8 Å². The number of likely N-dealkylation sites (tertiary alicyclic amines) is 1. The van der Waals surface area contributed by atoms with Gasteiger partial charge in [0.15, 0.2) is 5.82 Å². The van der Waals surface area contributed by atoms with Crippen molar-refractivity contribution in [3.63, 3.8) is 0 Å². The molecule has 3 N–H and O–H groups in total. The van der Waals surface area contributed by atoms with Crippen molar-refractivity contribution in [3.05, 3.63) is 65.7 Å². The van der Waals surface area contributed by atoms with Gasteiger partial charge in [0.1, 0.15) is 17.4 Å². The van der Waals surface area contributed by atoms with E-state index in [1.807, 2.05) is 35.2 Å². The lowest BCUT2D eigenvalue weighted by molar-refractivity contribution is -0.135. The monoisotopic (exact) mass is 533 g/mol. The van der Waals surface area contributed by atoms with Gasteiger partial charge >= 0.3 is 0 Å². The number of carbonyl (C=O) groups excluding carboxylic acids is 3. The Labute approximate surface area is 227 Å². The van der Waals surface area contributed by atoms with Crippen molar-refractivity contribution in [2.75, 3.05) is 6.54 Å². The van der Waals surface area contributed by atoms with Crippen molar-refractivity contribution < 1.29 is 18.8 Å². The summed E-state index contributed by atoms with van der Waals surface area (Å²) in [5, 5.41) is 5.83. The SMILES string of the molecule is C[C@H](NC(=O)[C@H](CCC(=O)N1CCCC[C@@H]1C)NC(=O)[C@@H]1C[C@H]1c1ccccc1)c1nc2c(F)cccc2[nH]1. The molecule has 206 valence electrons. The highest BCUT2D eigenvalue weighted by Crippen LogP contribution is 2.47. The van der Waals surface area contributed by atoms with Crippen LogP contribution in [0.5, 0.6) is 0 Å². The van der Waals surface area contributed by atoms with E-state index in [4.69, 9.17) is 0 Å².